The molecule has 1 N–H and O–H groups in total. The van der Waals surface area contributed by atoms with Crippen LogP contribution in [0.25, 0.3) is 11.0 Å². The fourth-order valence-corrected chi connectivity index (χ4v) is 1.77. The maximum atomic E-state index is 4.33. The predicted molar refractivity (Wildman–Crippen MR) is 67.6 cm³/mol. The maximum Gasteiger partial charge on any atom is 0.127 e. The summed E-state index contributed by atoms with van der Waals surface area (Å²) >= 11 is 0. The number of hydrogen-bond acceptors (Lipinski definition) is 3. The molecule has 0 radical (unpaired) electrons. The zero-order chi connectivity index (χ0) is 11.5. The molecule has 17 heavy (non-hydrogen) atoms. The van der Waals surface area contributed by atoms with Crippen molar-refractivity contribution >= 4 is 16.9 Å². The largest absolute Gasteiger partial charge is 0.352 e. The highest BCUT2D eigenvalue weighted by Gasteiger charge is 2.00. The maximum absolute atomic E-state index is 4.33. The number of fused-ring (bicyclic) bond motifs is 1. The number of hydrogen-bond donors (Lipinski definition) is 1. The molecule has 84 valence electrons. The van der Waals surface area contributed by atoms with Crippen molar-refractivity contribution in [3.05, 3.63) is 55.0 Å². The highest BCUT2D eigenvalue weighted by molar-refractivity contribution is 5.74. The van der Waals surface area contributed by atoms with E-state index in [9.17, 15) is 0 Å². The number of pyridine rings is 1. The van der Waals surface area contributed by atoms with Crippen LogP contribution in [0.1, 0.15) is 0 Å². The summed E-state index contributed by atoms with van der Waals surface area (Å²) in [6.07, 6.45) is 3.61. The first kappa shape index (κ1) is 9.84. The second-order valence-corrected chi connectivity index (χ2v) is 3.75. The molecule has 0 aliphatic heterocycles. The number of para-hydroxylation sites is 2. The Morgan fingerprint density at radius 1 is 1.00 bits per heavy atom. The number of aromatic nitrogens is 3. The molecule has 0 aliphatic carbocycles. The van der Waals surface area contributed by atoms with Crippen LogP contribution in [0.4, 0.5) is 5.82 Å². The summed E-state index contributed by atoms with van der Waals surface area (Å²) < 4.78 is 2.06. The van der Waals surface area contributed by atoms with E-state index < -0.39 is 0 Å². The third-order valence-electron chi connectivity index (χ3n) is 2.62. The van der Waals surface area contributed by atoms with Crippen LogP contribution in [-0.4, -0.2) is 14.5 Å². The van der Waals surface area contributed by atoms with E-state index >= 15 is 0 Å². The minimum Gasteiger partial charge on any atom is -0.352 e. The van der Waals surface area contributed by atoms with E-state index in [4.69, 9.17) is 0 Å². The second kappa shape index (κ2) is 4.25. The summed E-state index contributed by atoms with van der Waals surface area (Å²) in [7, 11) is 0. The molecule has 3 aromatic rings. The molecule has 4 nitrogen and oxygen atoms in total. The zero-order valence-corrected chi connectivity index (χ0v) is 9.24. The van der Waals surface area contributed by atoms with Crippen LogP contribution >= 0.6 is 0 Å². The summed E-state index contributed by atoms with van der Waals surface area (Å²) in [6.45, 7) is 0.664. The Hall–Kier alpha value is -2.36. The van der Waals surface area contributed by atoms with Crippen LogP contribution in [0.2, 0.25) is 0 Å². The highest BCUT2D eigenvalue weighted by Crippen LogP contribution is 2.11. The van der Waals surface area contributed by atoms with Crippen molar-refractivity contribution in [2.45, 2.75) is 6.67 Å². The molecular weight excluding hydrogens is 212 g/mol. The lowest BCUT2D eigenvalue weighted by Crippen LogP contribution is -2.07. The fourth-order valence-electron chi connectivity index (χ4n) is 1.77. The summed E-state index contributed by atoms with van der Waals surface area (Å²) in [5, 5.41) is 3.25. The van der Waals surface area contributed by atoms with Gasteiger partial charge in [-0.15, -0.1) is 0 Å². The Balaban J connectivity index is 1.82. The molecule has 0 aliphatic rings. The first-order chi connectivity index (χ1) is 8.43. The van der Waals surface area contributed by atoms with Crippen molar-refractivity contribution < 1.29 is 0 Å². The zero-order valence-electron chi connectivity index (χ0n) is 9.24. The summed E-state index contributed by atoms with van der Waals surface area (Å²) in [5.41, 5.74) is 2.13. The van der Waals surface area contributed by atoms with Crippen LogP contribution in [-0.2, 0) is 6.67 Å². The van der Waals surface area contributed by atoms with Crippen molar-refractivity contribution in [2.75, 3.05) is 5.32 Å². The van der Waals surface area contributed by atoms with Crippen LogP contribution in [0, 0.1) is 0 Å². The van der Waals surface area contributed by atoms with E-state index in [1.807, 2.05) is 42.7 Å². The molecular formula is C13H12N4. The Labute approximate surface area is 98.9 Å². The number of nitrogens with one attached hydrogen (secondary N) is 1. The van der Waals surface area contributed by atoms with Crippen LogP contribution in [0.5, 0.6) is 0 Å². The number of imidazole rings is 1. The lowest BCUT2D eigenvalue weighted by molar-refractivity contribution is 0.795. The molecule has 0 atom stereocenters. The van der Waals surface area contributed by atoms with Crippen LogP contribution in [0.15, 0.2) is 55.0 Å². The quantitative estimate of drug-likeness (QED) is 0.743. The fraction of sp³-hybridized carbons (Fsp3) is 0.0769. The van der Waals surface area contributed by atoms with E-state index in [1.165, 1.54) is 0 Å². The highest BCUT2D eigenvalue weighted by atomic mass is 15.2. The first-order valence-corrected chi connectivity index (χ1v) is 5.48. The molecule has 0 saturated carbocycles. The SMILES string of the molecule is c1ccc(NCn2cnc3ccccc32)nc1. The molecule has 0 saturated heterocycles. The standard InChI is InChI=1S/C13H12N4/c1-2-6-12-11(5-1)15-9-17(12)10-16-13-7-3-4-8-14-13/h1-9H,10H2,(H,14,16). The number of benzene rings is 1. The average molecular weight is 224 g/mol. The van der Waals surface area contributed by atoms with Gasteiger partial charge < -0.3 is 9.88 Å². The molecule has 0 spiro atoms. The van der Waals surface area contributed by atoms with Crippen molar-refractivity contribution in [3.63, 3.8) is 0 Å². The van der Waals surface area contributed by atoms with Gasteiger partial charge in [0.25, 0.3) is 0 Å². The number of rotatable bonds is 3. The molecule has 0 bridgehead atoms. The minimum atomic E-state index is 0.664. The molecule has 0 unspecified atom stereocenters. The predicted octanol–water partition coefficient (Wildman–Crippen LogP) is 2.50. The molecule has 0 fully saturated rings. The molecule has 4 heteroatoms. The third kappa shape index (κ3) is 1.97. The average Bonchev–Trinajstić information content (AvgIpc) is 2.81. The molecule has 0 amide bonds. The lowest BCUT2D eigenvalue weighted by Gasteiger charge is -2.06. The van der Waals surface area contributed by atoms with E-state index in [-0.39, 0.29) is 0 Å². The van der Waals surface area contributed by atoms with Gasteiger partial charge in [-0.05, 0) is 24.3 Å². The monoisotopic (exact) mass is 224 g/mol. The van der Waals surface area contributed by atoms with Crippen LogP contribution < -0.4 is 5.32 Å². The van der Waals surface area contributed by atoms with Gasteiger partial charge in [0.05, 0.1) is 24.0 Å². The molecule has 2 heterocycles. The van der Waals surface area contributed by atoms with Gasteiger partial charge in [-0.2, -0.15) is 0 Å². The van der Waals surface area contributed by atoms with Gasteiger partial charge in [0.1, 0.15) is 5.82 Å². The Kier molecular flexibility index (Phi) is 2.46. The smallest absolute Gasteiger partial charge is 0.127 e. The van der Waals surface area contributed by atoms with E-state index in [1.54, 1.807) is 6.20 Å². The summed E-state index contributed by atoms with van der Waals surface area (Å²) in [4.78, 5) is 8.55. The molecule has 2 aromatic heterocycles. The Morgan fingerprint density at radius 2 is 1.88 bits per heavy atom. The minimum absolute atomic E-state index is 0.664. The number of anilines is 1. The Bertz CT molecular complexity index is 615. The van der Waals surface area contributed by atoms with Crippen molar-refractivity contribution in [1.29, 1.82) is 0 Å². The normalized spacial score (nSPS) is 10.6. The van der Waals surface area contributed by atoms with Crippen molar-refractivity contribution in [1.82, 2.24) is 14.5 Å². The molecule has 1 aromatic carbocycles. The first-order valence-electron chi connectivity index (χ1n) is 5.48. The lowest BCUT2D eigenvalue weighted by atomic mass is 10.3. The van der Waals surface area contributed by atoms with Gasteiger partial charge in [0.2, 0.25) is 0 Å². The van der Waals surface area contributed by atoms with Gasteiger partial charge in [0, 0.05) is 6.20 Å². The van der Waals surface area contributed by atoms with E-state index in [2.05, 4.69) is 25.9 Å². The van der Waals surface area contributed by atoms with Gasteiger partial charge in [-0.3, -0.25) is 0 Å². The summed E-state index contributed by atoms with van der Waals surface area (Å²) in [6, 6.07) is 13.9. The van der Waals surface area contributed by atoms with Crippen molar-refractivity contribution in [3.8, 4) is 0 Å². The van der Waals surface area contributed by atoms with Gasteiger partial charge >= 0.3 is 0 Å². The molecule has 3 rings (SSSR count). The van der Waals surface area contributed by atoms with E-state index in [0.29, 0.717) is 6.67 Å². The topological polar surface area (TPSA) is 42.7 Å². The summed E-state index contributed by atoms with van der Waals surface area (Å²) in [5.74, 6) is 0.866. The van der Waals surface area contributed by atoms with E-state index in [0.717, 1.165) is 16.9 Å². The second-order valence-electron chi connectivity index (χ2n) is 3.75. The van der Waals surface area contributed by atoms with Gasteiger partial charge in [0.15, 0.2) is 0 Å². The van der Waals surface area contributed by atoms with Gasteiger partial charge in [-0.1, -0.05) is 18.2 Å². The van der Waals surface area contributed by atoms with Crippen molar-refractivity contribution in [2.24, 2.45) is 0 Å². The van der Waals surface area contributed by atoms with Gasteiger partial charge in [-0.25, -0.2) is 9.97 Å². The number of nitrogens with zero attached hydrogens (tertiary/aromatic N) is 3. The Morgan fingerprint density at radius 3 is 2.76 bits per heavy atom. The third-order valence-corrected chi connectivity index (χ3v) is 2.62. The van der Waals surface area contributed by atoms with Crippen LogP contribution in [0.3, 0.4) is 0 Å².